The van der Waals surface area contributed by atoms with E-state index in [9.17, 15) is 4.79 Å². The zero-order chi connectivity index (χ0) is 23.5. The van der Waals surface area contributed by atoms with E-state index in [1.807, 2.05) is 6.92 Å². The smallest absolute Gasteiger partial charge is 0.314 e. The third-order valence-corrected chi connectivity index (χ3v) is 5.06. The Morgan fingerprint density at radius 2 is 1.34 bits per heavy atom. The number of methoxy groups -OCH3 is 4. The Balaban J connectivity index is 2.38. The van der Waals surface area contributed by atoms with Crippen molar-refractivity contribution >= 4 is 17.3 Å². The minimum atomic E-state index is -0.266. The first-order chi connectivity index (χ1) is 15.5. The maximum atomic E-state index is 12.6. The quantitative estimate of drug-likeness (QED) is 0.218. The van der Waals surface area contributed by atoms with Gasteiger partial charge in [-0.2, -0.15) is 0 Å². The molecule has 0 saturated heterocycles. The summed E-state index contributed by atoms with van der Waals surface area (Å²) in [5, 5.41) is 8.63. The maximum Gasteiger partial charge on any atom is 0.314 e. The summed E-state index contributed by atoms with van der Waals surface area (Å²) in [6.45, 7) is 4.08. The van der Waals surface area contributed by atoms with E-state index >= 15 is 0 Å². The van der Waals surface area contributed by atoms with Crippen LogP contribution in [-0.2, 0) is 4.79 Å². The lowest BCUT2D eigenvalue weighted by molar-refractivity contribution is -0.139. The van der Waals surface area contributed by atoms with E-state index < -0.39 is 0 Å². The molecule has 8 nitrogen and oxygen atoms in total. The molecule has 0 fully saturated rings. The van der Waals surface area contributed by atoms with Gasteiger partial charge in [0.2, 0.25) is 0 Å². The Morgan fingerprint density at radius 1 is 0.844 bits per heavy atom. The molecule has 0 bridgehead atoms. The van der Waals surface area contributed by atoms with Crippen LogP contribution in [0.2, 0.25) is 0 Å². The fourth-order valence-electron chi connectivity index (χ4n) is 3.20. The zero-order valence-electron chi connectivity index (χ0n) is 19.6. The van der Waals surface area contributed by atoms with E-state index in [1.165, 1.54) is 14.2 Å². The lowest BCUT2D eigenvalue weighted by Crippen LogP contribution is -2.20. The van der Waals surface area contributed by atoms with Crippen LogP contribution in [0.25, 0.3) is 0 Å². The highest BCUT2D eigenvalue weighted by Crippen LogP contribution is 2.44. The molecule has 1 atom stereocenters. The van der Waals surface area contributed by atoms with Crippen molar-refractivity contribution < 1.29 is 28.5 Å². The number of unbranched alkanes of at least 4 members (excludes halogenated alkanes) is 1. The van der Waals surface area contributed by atoms with E-state index in [0.717, 1.165) is 25.7 Å². The van der Waals surface area contributed by atoms with Gasteiger partial charge in [0.05, 0.1) is 34.4 Å². The van der Waals surface area contributed by atoms with Crippen LogP contribution in [0.15, 0.2) is 40.6 Å². The van der Waals surface area contributed by atoms with Gasteiger partial charge in [0.15, 0.2) is 22.9 Å². The summed E-state index contributed by atoms with van der Waals surface area (Å²) in [6, 6.07) is 8.51. The molecular weight excluding hydrogens is 412 g/mol. The van der Waals surface area contributed by atoms with Crippen molar-refractivity contribution in [1.82, 2.24) is 0 Å². The predicted molar refractivity (Wildman–Crippen MR) is 122 cm³/mol. The molecule has 0 N–H and O–H groups in total. The first-order valence-electron chi connectivity index (χ1n) is 10.6. The number of benzene rings is 2. The van der Waals surface area contributed by atoms with E-state index in [2.05, 4.69) is 17.2 Å². The summed E-state index contributed by atoms with van der Waals surface area (Å²) in [4.78, 5) is 12.6. The number of nitrogens with zero attached hydrogens (tertiary/aromatic N) is 2. The van der Waals surface area contributed by atoms with Crippen molar-refractivity contribution in [2.24, 2.45) is 16.1 Å². The maximum absolute atomic E-state index is 12.6. The molecular formula is C24H32N2O6. The summed E-state index contributed by atoms with van der Waals surface area (Å²) in [5.74, 6) is 1.64. The normalized spacial score (nSPS) is 11.8. The molecule has 0 amide bonds. The van der Waals surface area contributed by atoms with E-state index in [0.29, 0.717) is 40.1 Å². The first-order valence-corrected chi connectivity index (χ1v) is 10.6. The number of azo groups is 1. The molecule has 2 rings (SSSR count). The Labute approximate surface area is 189 Å². The highest BCUT2D eigenvalue weighted by molar-refractivity contribution is 5.76. The van der Waals surface area contributed by atoms with Crippen molar-refractivity contribution in [3.05, 3.63) is 30.3 Å². The molecule has 0 aliphatic rings. The number of carbonyl (C=O) groups is 1. The lowest BCUT2D eigenvalue weighted by Gasteiger charge is -2.16. The molecule has 0 aliphatic heterocycles. The van der Waals surface area contributed by atoms with E-state index in [4.69, 9.17) is 23.7 Å². The van der Waals surface area contributed by atoms with Crippen LogP contribution in [-0.4, -0.2) is 34.4 Å². The Morgan fingerprint density at radius 3 is 1.78 bits per heavy atom. The Hall–Kier alpha value is -3.29. The summed E-state index contributed by atoms with van der Waals surface area (Å²) in [7, 11) is 6.09. The molecule has 0 aromatic heterocycles. The minimum Gasteiger partial charge on any atom is -0.494 e. The predicted octanol–water partition coefficient (Wildman–Crippen LogP) is 6.26. The molecule has 1 unspecified atom stereocenters. The van der Waals surface area contributed by atoms with Crippen molar-refractivity contribution in [2.75, 3.05) is 28.4 Å². The second-order valence-electron chi connectivity index (χ2n) is 7.06. The lowest BCUT2D eigenvalue weighted by atomic mass is 10.00. The van der Waals surface area contributed by atoms with Crippen LogP contribution < -0.4 is 23.7 Å². The van der Waals surface area contributed by atoms with Crippen LogP contribution >= 0.6 is 0 Å². The van der Waals surface area contributed by atoms with Crippen molar-refractivity contribution in [3.63, 3.8) is 0 Å². The van der Waals surface area contributed by atoms with Crippen molar-refractivity contribution in [1.29, 1.82) is 0 Å². The second kappa shape index (κ2) is 12.5. The number of carbonyl (C=O) groups excluding carboxylic acids is 1. The largest absolute Gasteiger partial charge is 0.494 e. The summed E-state index contributed by atoms with van der Waals surface area (Å²) >= 11 is 0. The van der Waals surface area contributed by atoms with Crippen molar-refractivity contribution in [3.8, 4) is 28.7 Å². The topological polar surface area (TPSA) is 87.9 Å². The average Bonchev–Trinajstić information content (AvgIpc) is 2.82. The molecule has 0 spiro atoms. The van der Waals surface area contributed by atoms with Crippen LogP contribution in [0.4, 0.5) is 11.4 Å². The van der Waals surface area contributed by atoms with Gasteiger partial charge >= 0.3 is 5.97 Å². The summed E-state index contributed by atoms with van der Waals surface area (Å²) < 4.78 is 27.3. The minimum absolute atomic E-state index is 0.149. The Bertz CT molecular complexity index is 881. The summed E-state index contributed by atoms with van der Waals surface area (Å²) in [5.41, 5.74) is 0.777. The van der Waals surface area contributed by atoms with Gasteiger partial charge in [-0.25, -0.2) is 0 Å². The van der Waals surface area contributed by atoms with Crippen LogP contribution in [0, 0.1) is 5.92 Å². The molecule has 174 valence electrons. The molecule has 32 heavy (non-hydrogen) atoms. The fourth-order valence-corrected chi connectivity index (χ4v) is 3.20. The zero-order valence-corrected chi connectivity index (χ0v) is 19.6. The van der Waals surface area contributed by atoms with Crippen molar-refractivity contribution in [2.45, 2.75) is 39.5 Å². The standard InChI is InChI=1S/C24H32N2O6/c1-7-9-11-16(8-2)24(27)32-17-14-20(30-5)23(21(15-17)31-6)26-25-22-18(28-3)12-10-13-19(22)29-4/h10,12-16H,7-9,11H2,1-6H3. The first kappa shape index (κ1) is 25.0. The van der Waals surface area contributed by atoms with Gasteiger partial charge in [-0.15, -0.1) is 10.2 Å². The second-order valence-corrected chi connectivity index (χ2v) is 7.06. The molecule has 0 radical (unpaired) electrons. The van der Waals surface area contributed by atoms with Gasteiger partial charge < -0.3 is 23.7 Å². The molecule has 0 saturated carbocycles. The van der Waals surface area contributed by atoms with Gasteiger partial charge in [-0.05, 0) is 25.0 Å². The van der Waals surface area contributed by atoms with Gasteiger partial charge in [-0.3, -0.25) is 4.79 Å². The number of esters is 1. The average molecular weight is 445 g/mol. The van der Waals surface area contributed by atoms with Crippen LogP contribution in [0.5, 0.6) is 28.7 Å². The SMILES string of the molecule is CCCCC(CC)C(=O)Oc1cc(OC)c(N=Nc2c(OC)cccc2OC)c(OC)c1. The Kier molecular flexibility index (Phi) is 9.78. The van der Waals surface area contributed by atoms with Gasteiger partial charge in [-0.1, -0.05) is 32.8 Å². The third-order valence-electron chi connectivity index (χ3n) is 5.06. The number of hydrogen-bond acceptors (Lipinski definition) is 8. The fraction of sp³-hybridized carbons (Fsp3) is 0.458. The molecule has 2 aromatic carbocycles. The van der Waals surface area contributed by atoms with E-state index in [-0.39, 0.29) is 11.9 Å². The monoisotopic (exact) mass is 444 g/mol. The molecule has 0 heterocycles. The van der Waals surface area contributed by atoms with Gasteiger partial charge in [0, 0.05) is 12.1 Å². The third kappa shape index (κ3) is 6.12. The highest BCUT2D eigenvalue weighted by atomic mass is 16.5. The molecule has 2 aromatic rings. The van der Waals surface area contributed by atoms with Gasteiger partial charge in [0.1, 0.15) is 17.2 Å². The number of rotatable bonds is 12. The molecule has 8 heteroatoms. The highest BCUT2D eigenvalue weighted by Gasteiger charge is 2.21. The van der Waals surface area contributed by atoms with Crippen LogP contribution in [0.1, 0.15) is 39.5 Å². The van der Waals surface area contributed by atoms with E-state index in [1.54, 1.807) is 44.6 Å². The van der Waals surface area contributed by atoms with Crippen LogP contribution in [0.3, 0.4) is 0 Å². The number of ether oxygens (including phenoxy) is 5. The van der Waals surface area contributed by atoms with Gasteiger partial charge in [0.25, 0.3) is 0 Å². The molecule has 0 aliphatic carbocycles. The summed E-state index contributed by atoms with van der Waals surface area (Å²) in [6.07, 6.45) is 3.53. The number of hydrogen-bond donors (Lipinski definition) is 0.